The molecule has 0 spiro atoms. The summed E-state index contributed by atoms with van der Waals surface area (Å²) >= 11 is 1.32. The van der Waals surface area contributed by atoms with E-state index in [0.717, 1.165) is 16.5 Å². The van der Waals surface area contributed by atoms with E-state index in [2.05, 4.69) is 10.3 Å². The molecule has 0 atom stereocenters. The first-order valence-corrected chi connectivity index (χ1v) is 10.1. The summed E-state index contributed by atoms with van der Waals surface area (Å²) in [5, 5.41) is 4.36. The molecular weight excluding hydrogens is 403 g/mol. The van der Waals surface area contributed by atoms with Crippen LogP contribution in [0.3, 0.4) is 0 Å². The smallest absolute Gasteiger partial charge is 0.266 e. The topological polar surface area (TPSA) is 66.7 Å². The summed E-state index contributed by atoms with van der Waals surface area (Å²) in [6.45, 7) is 0.0870. The summed E-state index contributed by atoms with van der Waals surface area (Å²) in [5.74, 6) is -0.692. The van der Waals surface area contributed by atoms with E-state index < -0.39 is 0 Å². The maximum absolute atomic E-state index is 13.1. The molecule has 30 heavy (non-hydrogen) atoms. The van der Waals surface area contributed by atoms with Crippen LogP contribution in [0.1, 0.15) is 5.56 Å². The van der Waals surface area contributed by atoms with Gasteiger partial charge in [-0.25, -0.2) is 4.39 Å². The molecule has 1 N–H and O–H groups in total. The van der Waals surface area contributed by atoms with Crippen molar-refractivity contribution in [2.45, 2.75) is 6.54 Å². The number of rotatable bonds is 4. The molecule has 4 rings (SSSR count). The number of nitrogens with one attached hydrogen (secondary N) is 1. The van der Waals surface area contributed by atoms with E-state index in [1.165, 1.54) is 40.9 Å². The number of amides is 2. The van der Waals surface area contributed by atoms with Crippen molar-refractivity contribution < 1.29 is 14.0 Å². The second kappa shape index (κ2) is 8.16. The molecule has 0 unspecified atom stereocenters. The lowest BCUT2D eigenvalue weighted by Gasteiger charge is -2.07. The number of hydrogen-bond donors (Lipinski definition) is 1. The van der Waals surface area contributed by atoms with Gasteiger partial charge in [0, 0.05) is 42.4 Å². The number of fused-ring (bicyclic) bond motifs is 1. The number of carbonyl (C=O) groups excluding carboxylic acids is 2. The molecule has 0 bridgehead atoms. The Morgan fingerprint density at radius 1 is 1.20 bits per heavy atom. The zero-order chi connectivity index (χ0) is 21.3. The molecule has 0 saturated carbocycles. The van der Waals surface area contributed by atoms with Crippen molar-refractivity contribution in [2.24, 2.45) is 4.99 Å². The Labute approximate surface area is 177 Å². The molecule has 6 nitrogen and oxygen atoms in total. The monoisotopic (exact) mass is 422 g/mol. The van der Waals surface area contributed by atoms with Gasteiger partial charge in [0.1, 0.15) is 12.4 Å². The minimum Gasteiger partial charge on any atom is -0.337 e. The third-order valence-electron chi connectivity index (χ3n) is 4.74. The Hall–Kier alpha value is -3.39. The van der Waals surface area contributed by atoms with Crippen LogP contribution >= 0.6 is 11.8 Å². The standard InChI is InChI=1S/C22H19FN4O2S/c1-24-22-26(2)21(29)19(30-22)11-14-12-27(18-6-4-3-5-17(14)18)13-20(28)25-16-9-7-15(23)8-10-16/h3-12H,13H2,1-2H3,(H,25,28)/b19-11+,24-22?. The van der Waals surface area contributed by atoms with Crippen molar-refractivity contribution in [1.29, 1.82) is 0 Å². The number of aliphatic imine (C=N–C) groups is 1. The van der Waals surface area contributed by atoms with Crippen molar-refractivity contribution >= 4 is 51.4 Å². The average Bonchev–Trinajstić information content (AvgIpc) is 3.22. The van der Waals surface area contributed by atoms with E-state index in [4.69, 9.17) is 0 Å². The minimum atomic E-state index is -0.358. The number of para-hydroxylation sites is 1. The maximum Gasteiger partial charge on any atom is 0.266 e. The molecule has 8 heteroatoms. The Kier molecular flexibility index (Phi) is 5.41. The van der Waals surface area contributed by atoms with Crippen molar-refractivity contribution in [1.82, 2.24) is 9.47 Å². The molecule has 2 heterocycles. The summed E-state index contributed by atoms with van der Waals surface area (Å²) in [7, 11) is 3.35. The van der Waals surface area contributed by atoms with Crippen molar-refractivity contribution in [2.75, 3.05) is 19.4 Å². The lowest BCUT2D eigenvalue weighted by molar-refractivity contribution is -0.121. The number of aromatic nitrogens is 1. The maximum atomic E-state index is 13.1. The van der Waals surface area contributed by atoms with Gasteiger partial charge in [-0.15, -0.1) is 0 Å². The molecular formula is C22H19FN4O2S. The van der Waals surface area contributed by atoms with Gasteiger partial charge in [0.15, 0.2) is 5.17 Å². The fraction of sp³-hybridized carbons (Fsp3) is 0.136. The second-order valence-corrected chi connectivity index (χ2v) is 7.77. The zero-order valence-corrected chi connectivity index (χ0v) is 17.2. The highest BCUT2D eigenvalue weighted by atomic mass is 32.2. The first-order chi connectivity index (χ1) is 14.5. The molecule has 1 aliphatic heterocycles. The van der Waals surface area contributed by atoms with Crippen LogP contribution in [0.25, 0.3) is 17.0 Å². The summed E-state index contributed by atoms with van der Waals surface area (Å²) in [6.07, 6.45) is 3.69. The van der Waals surface area contributed by atoms with Crippen molar-refractivity contribution in [3.63, 3.8) is 0 Å². The second-order valence-electron chi connectivity index (χ2n) is 6.77. The van der Waals surface area contributed by atoms with Gasteiger partial charge in [0.25, 0.3) is 5.91 Å². The summed E-state index contributed by atoms with van der Waals surface area (Å²) in [6, 6.07) is 13.3. The fourth-order valence-corrected chi connectivity index (χ4v) is 4.22. The molecule has 2 aromatic carbocycles. The van der Waals surface area contributed by atoms with Crippen LogP contribution in [0.4, 0.5) is 10.1 Å². The van der Waals surface area contributed by atoms with E-state index in [1.807, 2.05) is 41.1 Å². The molecule has 0 radical (unpaired) electrons. The van der Waals surface area contributed by atoms with Gasteiger partial charge in [0.2, 0.25) is 5.91 Å². The van der Waals surface area contributed by atoms with Gasteiger partial charge < -0.3 is 9.88 Å². The first kappa shape index (κ1) is 19.9. The molecule has 1 saturated heterocycles. The molecule has 0 aliphatic carbocycles. The highest BCUT2D eigenvalue weighted by molar-refractivity contribution is 8.18. The quantitative estimate of drug-likeness (QED) is 0.648. The van der Waals surface area contributed by atoms with Crippen LogP contribution in [0.5, 0.6) is 0 Å². The van der Waals surface area contributed by atoms with Gasteiger partial charge in [-0.05, 0) is 48.2 Å². The largest absolute Gasteiger partial charge is 0.337 e. The number of carbonyl (C=O) groups is 2. The molecule has 2 amide bonds. The van der Waals surface area contributed by atoms with Gasteiger partial charge >= 0.3 is 0 Å². The first-order valence-electron chi connectivity index (χ1n) is 9.24. The Morgan fingerprint density at radius 3 is 2.63 bits per heavy atom. The third kappa shape index (κ3) is 3.86. The third-order valence-corrected chi connectivity index (χ3v) is 5.89. The number of anilines is 1. The summed E-state index contributed by atoms with van der Waals surface area (Å²) in [5.41, 5.74) is 2.26. The molecule has 1 fully saturated rings. The molecule has 152 valence electrons. The fourth-order valence-electron chi connectivity index (χ4n) is 3.30. The SMILES string of the molecule is CN=C1S/C(=C/c2cn(CC(=O)Nc3ccc(F)cc3)c3ccccc23)C(=O)N1C. The van der Waals surface area contributed by atoms with E-state index in [1.54, 1.807) is 14.1 Å². The van der Waals surface area contributed by atoms with Crippen LogP contribution in [-0.4, -0.2) is 40.5 Å². The Balaban J connectivity index is 1.63. The van der Waals surface area contributed by atoms with Crippen LogP contribution in [0.2, 0.25) is 0 Å². The van der Waals surface area contributed by atoms with E-state index in [0.29, 0.717) is 15.8 Å². The van der Waals surface area contributed by atoms with Gasteiger partial charge in [-0.3, -0.25) is 19.5 Å². The van der Waals surface area contributed by atoms with Crippen LogP contribution < -0.4 is 5.32 Å². The number of hydrogen-bond acceptors (Lipinski definition) is 4. The number of thioether (sulfide) groups is 1. The van der Waals surface area contributed by atoms with Crippen LogP contribution in [0, 0.1) is 5.82 Å². The lowest BCUT2D eigenvalue weighted by Crippen LogP contribution is -2.23. The summed E-state index contributed by atoms with van der Waals surface area (Å²) < 4.78 is 14.9. The van der Waals surface area contributed by atoms with Gasteiger partial charge in [-0.1, -0.05) is 18.2 Å². The number of benzene rings is 2. The number of halogens is 1. The van der Waals surface area contributed by atoms with E-state index in [-0.39, 0.29) is 24.2 Å². The lowest BCUT2D eigenvalue weighted by atomic mass is 10.1. The number of nitrogens with zero attached hydrogens (tertiary/aromatic N) is 3. The van der Waals surface area contributed by atoms with E-state index in [9.17, 15) is 14.0 Å². The Morgan fingerprint density at radius 2 is 1.93 bits per heavy atom. The average molecular weight is 422 g/mol. The minimum absolute atomic E-state index is 0.0870. The predicted molar refractivity (Wildman–Crippen MR) is 119 cm³/mol. The van der Waals surface area contributed by atoms with Crippen LogP contribution in [-0.2, 0) is 16.1 Å². The zero-order valence-electron chi connectivity index (χ0n) is 16.4. The number of likely N-dealkylation sites (N-methyl/N-ethyl adjacent to an activating group) is 1. The molecule has 3 aromatic rings. The molecule has 1 aliphatic rings. The Bertz CT molecular complexity index is 1200. The normalized spacial score (nSPS) is 16.8. The van der Waals surface area contributed by atoms with Gasteiger partial charge in [-0.2, -0.15) is 0 Å². The highest BCUT2D eigenvalue weighted by Gasteiger charge is 2.30. The van der Waals surface area contributed by atoms with E-state index >= 15 is 0 Å². The molecule has 1 aromatic heterocycles. The predicted octanol–water partition coefficient (Wildman–Crippen LogP) is 3.95. The highest BCUT2D eigenvalue weighted by Crippen LogP contribution is 2.33. The van der Waals surface area contributed by atoms with Crippen molar-refractivity contribution in [3.05, 3.63) is 71.0 Å². The number of amidine groups is 1. The van der Waals surface area contributed by atoms with Crippen LogP contribution in [0.15, 0.2) is 64.6 Å². The van der Waals surface area contributed by atoms with Crippen molar-refractivity contribution in [3.8, 4) is 0 Å². The van der Waals surface area contributed by atoms with Gasteiger partial charge in [0.05, 0.1) is 4.91 Å². The summed E-state index contributed by atoms with van der Waals surface area (Å²) in [4.78, 5) is 31.2.